The van der Waals surface area contributed by atoms with Crippen LogP contribution in [0.3, 0.4) is 0 Å². The second-order valence-electron chi connectivity index (χ2n) is 7.10. The molecule has 4 N–H and O–H groups in total. The maximum atomic E-state index is 11.5. The first-order valence-corrected chi connectivity index (χ1v) is 9.03. The van der Waals surface area contributed by atoms with Gasteiger partial charge in [0.05, 0.1) is 24.3 Å². The molecule has 0 radical (unpaired) electrons. The second-order valence-corrected chi connectivity index (χ2v) is 7.10. The molecule has 148 valence electrons. The summed E-state index contributed by atoms with van der Waals surface area (Å²) < 4.78 is 5.64. The predicted octanol–water partition coefficient (Wildman–Crippen LogP) is 2.10. The summed E-state index contributed by atoms with van der Waals surface area (Å²) in [6.45, 7) is 9.56. The van der Waals surface area contributed by atoms with Crippen molar-refractivity contribution in [3.05, 3.63) is 24.2 Å². The molecule has 0 spiro atoms. The van der Waals surface area contributed by atoms with Gasteiger partial charge in [-0.3, -0.25) is 14.7 Å². The van der Waals surface area contributed by atoms with Gasteiger partial charge >= 0.3 is 0 Å². The van der Waals surface area contributed by atoms with E-state index in [-0.39, 0.29) is 35.9 Å². The molecule has 2 rings (SSSR count). The van der Waals surface area contributed by atoms with Gasteiger partial charge in [-0.05, 0) is 58.8 Å². The number of nitrogens with two attached hydrogens (primary N) is 1. The summed E-state index contributed by atoms with van der Waals surface area (Å²) in [4.78, 5) is 18.4. The van der Waals surface area contributed by atoms with Gasteiger partial charge in [0.1, 0.15) is 5.76 Å². The van der Waals surface area contributed by atoms with E-state index in [1.807, 2.05) is 19.1 Å². The SMILES string of the molecule is CCNC(=NCC(C)(C)C(N)=O)NCC(c1ccco1)N1CCCC1.I. The van der Waals surface area contributed by atoms with Gasteiger partial charge < -0.3 is 20.8 Å². The fourth-order valence-corrected chi connectivity index (χ4v) is 2.83. The molecule has 8 heteroatoms. The highest BCUT2D eigenvalue weighted by Gasteiger charge is 2.27. The Kier molecular flexibility index (Phi) is 9.42. The third-order valence-electron chi connectivity index (χ3n) is 4.56. The summed E-state index contributed by atoms with van der Waals surface area (Å²) in [6, 6.07) is 4.11. The molecular weight excluding hydrogens is 445 g/mol. The lowest BCUT2D eigenvalue weighted by Gasteiger charge is -2.27. The molecule has 1 unspecified atom stereocenters. The molecule has 0 aliphatic carbocycles. The van der Waals surface area contributed by atoms with Gasteiger partial charge in [0.25, 0.3) is 0 Å². The zero-order valence-corrected chi connectivity index (χ0v) is 18.3. The average molecular weight is 477 g/mol. The van der Waals surface area contributed by atoms with E-state index in [4.69, 9.17) is 10.2 Å². The summed E-state index contributed by atoms with van der Waals surface area (Å²) >= 11 is 0. The van der Waals surface area contributed by atoms with Crippen molar-refractivity contribution < 1.29 is 9.21 Å². The van der Waals surface area contributed by atoms with Crippen molar-refractivity contribution in [3.63, 3.8) is 0 Å². The summed E-state index contributed by atoms with van der Waals surface area (Å²) in [7, 11) is 0. The number of carbonyl (C=O) groups is 1. The van der Waals surface area contributed by atoms with Gasteiger partial charge in [-0.25, -0.2) is 0 Å². The number of rotatable bonds is 8. The molecule has 0 aromatic carbocycles. The lowest BCUT2D eigenvalue weighted by molar-refractivity contribution is -0.125. The molecule has 7 nitrogen and oxygen atoms in total. The van der Waals surface area contributed by atoms with Crippen LogP contribution in [0.4, 0.5) is 0 Å². The molecule has 1 atom stereocenters. The van der Waals surface area contributed by atoms with Crippen LogP contribution >= 0.6 is 24.0 Å². The van der Waals surface area contributed by atoms with Crippen molar-refractivity contribution in [3.8, 4) is 0 Å². The van der Waals surface area contributed by atoms with Crippen LogP contribution in [0, 0.1) is 5.41 Å². The van der Waals surface area contributed by atoms with Crippen molar-refractivity contribution in [2.45, 2.75) is 39.7 Å². The Morgan fingerprint density at radius 1 is 1.38 bits per heavy atom. The number of hydrogen-bond acceptors (Lipinski definition) is 4. The Morgan fingerprint density at radius 3 is 2.62 bits per heavy atom. The number of hydrogen-bond donors (Lipinski definition) is 3. The molecule has 1 fully saturated rings. The first-order valence-electron chi connectivity index (χ1n) is 9.03. The topological polar surface area (TPSA) is 95.9 Å². The van der Waals surface area contributed by atoms with Crippen LogP contribution in [0.2, 0.25) is 0 Å². The predicted molar refractivity (Wildman–Crippen MR) is 115 cm³/mol. The van der Waals surface area contributed by atoms with E-state index in [2.05, 4.69) is 20.5 Å². The minimum atomic E-state index is -0.669. The van der Waals surface area contributed by atoms with Gasteiger partial charge in [-0.15, -0.1) is 24.0 Å². The largest absolute Gasteiger partial charge is 0.468 e. The Labute approximate surface area is 173 Å². The number of aliphatic imine (C=N–C) groups is 1. The number of likely N-dealkylation sites (tertiary alicyclic amines) is 1. The molecule has 1 aromatic heterocycles. The standard InChI is InChI=1S/C18H31N5O2.HI/c1-4-20-17(22-13-18(2,3)16(19)24)21-12-14(15-8-7-11-25-15)23-9-5-6-10-23;/h7-8,11,14H,4-6,9-10,12-13H2,1-3H3,(H2,19,24)(H2,20,21,22);1H. The molecular formula is C18H32IN5O2. The van der Waals surface area contributed by atoms with Crippen molar-refractivity contribution in [1.29, 1.82) is 0 Å². The van der Waals surface area contributed by atoms with Gasteiger partial charge in [-0.2, -0.15) is 0 Å². The number of amides is 1. The second kappa shape index (κ2) is 10.8. The summed E-state index contributed by atoms with van der Waals surface area (Å²) in [6.07, 6.45) is 4.16. The first-order chi connectivity index (χ1) is 11.9. The van der Waals surface area contributed by atoms with Crippen molar-refractivity contribution in [1.82, 2.24) is 15.5 Å². The molecule has 1 aliphatic rings. The fourth-order valence-electron chi connectivity index (χ4n) is 2.83. The van der Waals surface area contributed by atoms with Crippen LogP contribution in [0.5, 0.6) is 0 Å². The number of halogens is 1. The van der Waals surface area contributed by atoms with Gasteiger partial charge in [0.15, 0.2) is 5.96 Å². The number of guanidine groups is 1. The van der Waals surface area contributed by atoms with Crippen LogP contribution in [-0.4, -0.2) is 49.5 Å². The zero-order valence-electron chi connectivity index (χ0n) is 16.0. The van der Waals surface area contributed by atoms with Crippen LogP contribution in [-0.2, 0) is 4.79 Å². The molecule has 0 saturated carbocycles. The Hall–Kier alpha value is -1.29. The highest BCUT2D eigenvalue weighted by Crippen LogP contribution is 2.24. The fraction of sp³-hybridized carbons (Fsp3) is 0.667. The summed E-state index contributed by atoms with van der Waals surface area (Å²) in [5.41, 5.74) is 4.76. The van der Waals surface area contributed by atoms with E-state index in [9.17, 15) is 4.79 Å². The molecule has 1 amide bonds. The zero-order chi connectivity index (χ0) is 18.3. The molecule has 1 aromatic rings. The third-order valence-corrected chi connectivity index (χ3v) is 4.56. The molecule has 1 aliphatic heterocycles. The van der Waals surface area contributed by atoms with E-state index in [0.717, 1.165) is 25.4 Å². The van der Waals surface area contributed by atoms with Gasteiger partial charge in [-0.1, -0.05) is 0 Å². The lowest BCUT2D eigenvalue weighted by Crippen LogP contribution is -2.43. The van der Waals surface area contributed by atoms with Gasteiger partial charge in [0, 0.05) is 13.1 Å². The van der Waals surface area contributed by atoms with Gasteiger partial charge in [0.2, 0.25) is 5.91 Å². The van der Waals surface area contributed by atoms with Crippen molar-refractivity contribution in [2.75, 3.05) is 32.7 Å². The maximum absolute atomic E-state index is 11.5. The number of carbonyl (C=O) groups excluding carboxylic acids is 1. The summed E-state index contributed by atoms with van der Waals surface area (Å²) in [5.74, 6) is 1.30. The quantitative estimate of drug-likeness (QED) is 0.303. The minimum Gasteiger partial charge on any atom is -0.468 e. The first kappa shape index (κ1) is 22.8. The monoisotopic (exact) mass is 477 g/mol. The molecule has 26 heavy (non-hydrogen) atoms. The minimum absolute atomic E-state index is 0. The van der Waals surface area contributed by atoms with Crippen LogP contribution < -0.4 is 16.4 Å². The number of primary amides is 1. The maximum Gasteiger partial charge on any atom is 0.224 e. The average Bonchev–Trinajstić information content (AvgIpc) is 3.26. The highest BCUT2D eigenvalue weighted by molar-refractivity contribution is 14.0. The van der Waals surface area contributed by atoms with Crippen LogP contribution in [0.25, 0.3) is 0 Å². The Bertz CT molecular complexity index is 568. The highest BCUT2D eigenvalue weighted by atomic mass is 127. The number of nitrogens with zero attached hydrogens (tertiary/aromatic N) is 2. The lowest BCUT2D eigenvalue weighted by atomic mass is 9.93. The van der Waals surface area contributed by atoms with E-state index < -0.39 is 5.41 Å². The third kappa shape index (κ3) is 6.46. The Morgan fingerprint density at radius 2 is 2.08 bits per heavy atom. The van der Waals surface area contributed by atoms with Crippen molar-refractivity contribution in [2.24, 2.45) is 16.1 Å². The van der Waals surface area contributed by atoms with E-state index in [1.165, 1.54) is 12.8 Å². The number of nitrogens with one attached hydrogen (secondary N) is 2. The van der Waals surface area contributed by atoms with E-state index in [0.29, 0.717) is 19.0 Å². The smallest absolute Gasteiger partial charge is 0.224 e. The van der Waals surface area contributed by atoms with Crippen LogP contribution in [0.15, 0.2) is 27.8 Å². The van der Waals surface area contributed by atoms with E-state index in [1.54, 1.807) is 20.1 Å². The molecule has 2 heterocycles. The van der Waals surface area contributed by atoms with E-state index >= 15 is 0 Å². The Balaban J connectivity index is 0.00000338. The summed E-state index contributed by atoms with van der Waals surface area (Å²) in [5, 5.41) is 6.61. The van der Waals surface area contributed by atoms with Crippen molar-refractivity contribution >= 4 is 35.8 Å². The normalized spacial score (nSPS) is 16.8. The molecule has 0 bridgehead atoms. The number of furan rings is 1. The molecule has 1 saturated heterocycles. The van der Waals surface area contributed by atoms with Crippen LogP contribution in [0.1, 0.15) is 45.4 Å².